The fourth-order valence-corrected chi connectivity index (χ4v) is 4.52. The van der Waals surface area contributed by atoms with Crippen LogP contribution in [0.1, 0.15) is 62.0 Å². The van der Waals surface area contributed by atoms with Gasteiger partial charge in [-0.25, -0.2) is 4.98 Å². The van der Waals surface area contributed by atoms with Crippen molar-refractivity contribution in [3.05, 3.63) is 89.3 Å². The summed E-state index contributed by atoms with van der Waals surface area (Å²) in [5.41, 5.74) is 5.67. The van der Waals surface area contributed by atoms with Crippen molar-refractivity contribution in [2.45, 2.75) is 59.6 Å². The van der Waals surface area contributed by atoms with E-state index in [1.165, 1.54) is 11.1 Å². The van der Waals surface area contributed by atoms with E-state index in [0.717, 1.165) is 47.6 Å². The molecule has 194 valence electrons. The topological polar surface area (TPSA) is 45.5 Å². The van der Waals surface area contributed by atoms with Crippen LogP contribution in [-0.4, -0.2) is 23.3 Å². The number of hydrogen-bond donors (Lipinski definition) is 0. The number of unbranched alkanes of at least 4 members (excludes halogenated alkanes) is 1. The van der Waals surface area contributed by atoms with Crippen LogP contribution in [0, 0.1) is 6.92 Å². The number of imidazole rings is 1. The number of hydrogen-bond acceptors (Lipinski definition) is 4. The Labute approximate surface area is 220 Å². The Morgan fingerprint density at radius 3 is 2.54 bits per heavy atom. The maximum atomic E-state index is 6.21. The Morgan fingerprint density at radius 2 is 1.76 bits per heavy atom. The molecule has 0 aliphatic carbocycles. The van der Waals surface area contributed by atoms with E-state index < -0.39 is 0 Å². The second kappa shape index (κ2) is 12.5. The minimum Gasteiger partial charge on any atom is -0.493 e. The number of aromatic nitrogens is 2. The van der Waals surface area contributed by atoms with E-state index in [1.807, 2.05) is 43.3 Å². The first-order chi connectivity index (χ1) is 18.0. The lowest BCUT2D eigenvalue weighted by Gasteiger charge is -2.15. The van der Waals surface area contributed by atoms with Crippen LogP contribution in [0.25, 0.3) is 17.1 Å². The molecule has 0 aliphatic heterocycles. The van der Waals surface area contributed by atoms with Crippen molar-refractivity contribution in [2.24, 2.45) is 0 Å². The van der Waals surface area contributed by atoms with Crippen LogP contribution < -0.4 is 14.2 Å². The van der Waals surface area contributed by atoms with Gasteiger partial charge in [0.25, 0.3) is 0 Å². The summed E-state index contributed by atoms with van der Waals surface area (Å²) in [5.74, 6) is 3.77. The molecule has 0 N–H and O–H groups in total. The van der Waals surface area contributed by atoms with Crippen LogP contribution in [0.3, 0.4) is 0 Å². The highest BCUT2D eigenvalue weighted by Gasteiger charge is 2.13. The summed E-state index contributed by atoms with van der Waals surface area (Å²) in [7, 11) is 1.67. The van der Waals surface area contributed by atoms with Crippen molar-refractivity contribution >= 4 is 17.1 Å². The summed E-state index contributed by atoms with van der Waals surface area (Å²) in [6.45, 7) is 10.4. The molecular weight excluding hydrogens is 460 g/mol. The summed E-state index contributed by atoms with van der Waals surface area (Å²) in [6.07, 6.45) is 5.99. The number of aryl methyl sites for hydroxylation is 2. The van der Waals surface area contributed by atoms with E-state index in [1.54, 1.807) is 7.11 Å². The highest BCUT2D eigenvalue weighted by molar-refractivity contribution is 5.75. The number of nitrogens with zero attached hydrogens (tertiary/aromatic N) is 2. The molecule has 0 radical (unpaired) electrons. The van der Waals surface area contributed by atoms with Crippen molar-refractivity contribution in [1.82, 2.24) is 9.55 Å². The monoisotopic (exact) mass is 498 g/mol. The standard InChI is InChI=1S/C32H38N2O3/c1-6-11-25-15-17-29(31(21-25)35-5)37-22-32-33-27-12-7-8-13-28(27)34(32)18-9-10-19-36-30-20-24(4)14-16-26(30)23(2)3/h6-8,11-17,20-21,23H,9-10,18-19,22H2,1-5H3/b11-6-. The molecule has 0 saturated carbocycles. The van der Waals surface area contributed by atoms with Gasteiger partial charge < -0.3 is 18.8 Å². The first-order valence-corrected chi connectivity index (χ1v) is 13.1. The van der Waals surface area contributed by atoms with Gasteiger partial charge in [0.2, 0.25) is 0 Å². The number of benzene rings is 3. The molecule has 0 spiro atoms. The van der Waals surface area contributed by atoms with E-state index in [2.05, 4.69) is 61.7 Å². The van der Waals surface area contributed by atoms with Crippen molar-refractivity contribution in [2.75, 3.05) is 13.7 Å². The zero-order chi connectivity index (χ0) is 26.2. The number of ether oxygens (including phenoxy) is 3. The SMILES string of the molecule is C/C=C\c1ccc(OCc2nc3ccccc3n2CCCCOc2cc(C)ccc2C(C)C)c(OC)c1. The van der Waals surface area contributed by atoms with Crippen LogP contribution in [-0.2, 0) is 13.2 Å². The molecule has 0 aliphatic rings. The van der Waals surface area contributed by atoms with Crippen molar-refractivity contribution in [1.29, 1.82) is 0 Å². The van der Waals surface area contributed by atoms with Crippen molar-refractivity contribution in [3.63, 3.8) is 0 Å². The Kier molecular flexibility index (Phi) is 8.89. The van der Waals surface area contributed by atoms with Gasteiger partial charge in [0.15, 0.2) is 11.5 Å². The second-order valence-corrected chi connectivity index (χ2v) is 9.62. The van der Waals surface area contributed by atoms with Crippen LogP contribution in [0.4, 0.5) is 0 Å². The molecule has 0 fully saturated rings. The third-order valence-electron chi connectivity index (χ3n) is 6.46. The summed E-state index contributed by atoms with van der Waals surface area (Å²) in [5, 5.41) is 0. The smallest absolute Gasteiger partial charge is 0.161 e. The number of rotatable bonds is 12. The maximum Gasteiger partial charge on any atom is 0.161 e. The number of para-hydroxylation sites is 2. The molecule has 5 nitrogen and oxygen atoms in total. The van der Waals surface area contributed by atoms with Gasteiger partial charge in [-0.1, -0.05) is 56.3 Å². The molecule has 0 unspecified atom stereocenters. The lowest BCUT2D eigenvalue weighted by atomic mass is 10.0. The van der Waals surface area contributed by atoms with Gasteiger partial charge in [-0.3, -0.25) is 0 Å². The molecule has 1 aromatic heterocycles. The van der Waals surface area contributed by atoms with Crippen molar-refractivity contribution in [3.8, 4) is 17.2 Å². The summed E-state index contributed by atoms with van der Waals surface area (Å²) < 4.78 is 20.2. The van der Waals surface area contributed by atoms with Gasteiger partial charge in [-0.2, -0.15) is 0 Å². The van der Waals surface area contributed by atoms with E-state index in [0.29, 0.717) is 30.6 Å². The highest BCUT2D eigenvalue weighted by atomic mass is 16.5. The van der Waals surface area contributed by atoms with Gasteiger partial charge >= 0.3 is 0 Å². The third kappa shape index (κ3) is 6.53. The second-order valence-electron chi connectivity index (χ2n) is 9.62. The van der Waals surface area contributed by atoms with E-state index in [-0.39, 0.29) is 0 Å². The third-order valence-corrected chi connectivity index (χ3v) is 6.46. The highest BCUT2D eigenvalue weighted by Crippen LogP contribution is 2.30. The molecule has 5 heteroatoms. The molecule has 1 heterocycles. The average Bonchev–Trinajstić information content (AvgIpc) is 3.25. The zero-order valence-electron chi connectivity index (χ0n) is 22.7. The lowest BCUT2D eigenvalue weighted by molar-refractivity contribution is 0.269. The molecule has 37 heavy (non-hydrogen) atoms. The maximum absolute atomic E-state index is 6.21. The van der Waals surface area contributed by atoms with Crippen LogP contribution in [0.5, 0.6) is 17.2 Å². The fraction of sp³-hybridized carbons (Fsp3) is 0.344. The van der Waals surface area contributed by atoms with Crippen LogP contribution in [0.15, 0.2) is 66.7 Å². The Balaban J connectivity index is 1.42. The molecule has 0 saturated heterocycles. The van der Waals surface area contributed by atoms with Gasteiger partial charge in [-0.15, -0.1) is 0 Å². The first kappa shape index (κ1) is 26.3. The Morgan fingerprint density at radius 1 is 0.919 bits per heavy atom. The van der Waals surface area contributed by atoms with Crippen LogP contribution >= 0.6 is 0 Å². The van der Waals surface area contributed by atoms with Crippen molar-refractivity contribution < 1.29 is 14.2 Å². The Bertz CT molecular complexity index is 1350. The molecule has 0 atom stereocenters. The van der Waals surface area contributed by atoms with E-state index in [4.69, 9.17) is 19.2 Å². The molecular formula is C32H38N2O3. The fourth-order valence-electron chi connectivity index (χ4n) is 4.52. The quantitative estimate of drug-likeness (QED) is 0.186. The number of fused-ring (bicyclic) bond motifs is 1. The predicted octanol–water partition coefficient (Wildman–Crippen LogP) is 7.95. The summed E-state index contributed by atoms with van der Waals surface area (Å²) in [6, 6.07) is 20.7. The lowest BCUT2D eigenvalue weighted by Crippen LogP contribution is -2.09. The molecule has 4 rings (SSSR count). The van der Waals surface area contributed by atoms with E-state index in [9.17, 15) is 0 Å². The number of methoxy groups -OCH3 is 1. The predicted molar refractivity (Wildman–Crippen MR) is 152 cm³/mol. The first-order valence-electron chi connectivity index (χ1n) is 13.1. The zero-order valence-corrected chi connectivity index (χ0v) is 22.7. The summed E-state index contributed by atoms with van der Waals surface area (Å²) >= 11 is 0. The number of allylic oxidation sites excluding steroid dienone is 1. The van der Waals surface area contributed by atoms with Gasteiger partial charge in [-0.05, 0) is 79.6 Å². The minimum absolute atomic E-state index is 0.367. The molecule has 4 aromatic rings. The van der Waals surface area contributed by atoms with Gasteiger partial charge in [0.05, 0.1) is 24.8 Å². The Hall–Kier alpha value is -3.73. The largest absolute Gasteiger partial charge is 0.493 e. The van der Waals surface area contributed by atoms with Gasteiger partial charge in [0, 0.05) is 6.54 Å². The molecule has 0 bridgehead atoms. The molecule has 3 aromatic carbocycles. The minimum atomic E-state index is 0.367. The molecule has 0 amide bonds. The normalized spacial score (nSPS) is 11.5. The van der Waals surface area contributed by atoms with Crippen LogP contribution in [0.2, 0.25) is 0 Å². The summed E-state index contributed by atoms with van der Waals surface area (Å²) in [4.78, 5) is 4.87. The van der Waals surface area contributed by atoms with Gasteiger partial charge in [0.1, 0.15) is 18.2 Å². The van der Waals surface area contributed by atoms with E-state index >= 15 is 0 Å². The average molecular weight is 499 g/mol.